The molecule has 1 unspecified atom stereocenters. The average molecular weight is 293 g/mol. The van der Waals surface area contributed by atoms with E-state index < -0.39 is 6.23 Å². The third-order valence-electron chi connectivity index (χ3n) is 1.87. The van der Waals surface area contributed by atoms with Crippen LogP contribution in [0.25, 0.3) is 0 Å². The van der Waals surface area contributed by atoms with Crippen LogP contribution in [-0.2, 0) is 21.3 Å². The molecular formula is C10H17BrN2O3. The number of hydrogen-bond donors (Lipinski definition) is 0. The summed E-state index contributed by atoms with van der Waals surface area (Å²) in [6, 6.07) is 0. The van der Waals surface area contributed by atoms with Crippen molar-refractivity contribution in [1.29, 1.82) is 0 Å². The highest BCUT2D eigenvalue weighted by Crippen LogP contribution is 2.09. The van der Waals surface area contributed by atoms with Gasteiger partial charge in [-0.25, -0.2) is 9.36 Å². The molecule has 1 aromatic rings. The van der Waals surface area contributed by atoms with Crippen molar-refractivity contribution in [3.05, 3.63) is 18.7 Å². The lowest BCUT2D eigenvalue weighted by atomic mass is 10.5. The lowest BCUT2D eigenvalue weighted by Crippen LogP contribution is -3.00. The molecule has 0 aliphatic rings. The van der Waals surface area contributed by atoms with Crippen LogP contribution in [0, 0.1) is 0 Å². The summed E-state index contributed by atoms with van der Waals surface area (Å²) in [4.78, 5) is 11.6. The van der Waals surface area contributed by atoms with Crippen LogP contribution in [0.4, 0.5) is 0 Å². The Bertz CT molecular complexity index is 328. The van der Waals surface area contributed by atoms with Crippen LogP contribution in [-0.4, -0.2) is 23.8 Å². The molecule has 0 aromatic carbocycles. The van der Waals surface area contributed by atoms with E-state index in [2.05, 4.69) is 0 Å². The molecule has 0 bridgehead atoms. The number of hydrogen-bond acceptors (Lipinski definition) is 3. The van der Waals surface area contributed by atoms with Gasteiger partial charge in [0.1, 0.15) is 12.4 Å². The molecule has 1 atom stereocenters. The van der Waals surface area contributed by atoms with E-state index >= 15 is 0 Å². The van der Waals surface area contributed by atoms with Crippen LogP contribution in [0.3, 0.4) is 0 Å². The summed E-state index contributed by atoms with van der Waals surface area (Å²) in [6.07, 6.45) is 4.70. The Labute approximate surface area is 106 Å². The lowest BCUT2D eigenvalue weighted by molar-refractivity contribution is -0.671. The van der Waals surface area contributed by atoms with Crippen molar-refractivity contribution in [3.8, 4) is 0 Å². The largest absolute Gasteiger partial charge is 1.00 e. The molecule has 6 heteroatoms. The minimum absolute atomic E-state index is 0. The number of aromatic nitrogens is 2. The molecule has 0 spiro atoms. The van der Waals surface area contributed by atoms with Gasteiger partial charge in [-0.15, -0.1) is 0 Å². The van der Waals surface area contributed by atoms with E-state index in [9.17, 15) is 4.79 Å². The Hall–Kier alpha value is -0.880. The van der Waals surface area contributed by atoms with Crippen molar-refractivity contribution < 1.29 is 35.8 Å². The third-order valence-corrected chi connectivity index (χ3v) is 1.87. The maximum atomic E-state index is 11.6. The highest BCUT2D eigenvalue weighted by atomic mass is 79.9. The van der Waals surface area contributed by atoms with E-state index in [1.807, 2.05) is 24.7 Å². The van der Waals surface area contributed by atoms with E-state index in [1.54, 1.807) is 24.0 Å². The number of esters is 1. The smallest absolute Gasteiger partial charge is 0.381 e. The van der Waals surface area contributed by atoms with E-state index in [0.717, 1.165) is 0 Å². The van der Waals surface area contributed by atoms with Gasteiger partial charge in [0.15, 0.2) is 0 Å². The summed E-state index contributed by atoms with van der Waals surface area (Å²) in [5.74, 6) is -0.365. The molecule has 92 valence electrons. The van der Waals surface area contributed by atoms with Crippen LogP contribution in [0.15, 0.2) is 18.7 Å². The highest BCUT2D eigenvalue weighted by molar-refractivity contribution is 5.72. The fraction of sp³-hybridized carbons (Fsp3) is 0.600. The SMILES string of the molecule is CCOC(=O)C(OCC)n1cc[n+](C)c1.[Br-]. The van der Waals surface area contributed by atoms with Gasteiger partial charge in [-0.2, -0.15) is 4.57 Å². The predicted molar refractivity (Wildman–Crippen MR) is 52.9 cm³/mol. The second-order valence-corrected chi connectivity index (χ2v) is 3.09. The number of nitrogens with zero attached hydrogens (tertiary/aromatic N) is 2. The third kappa shape index (κ3) is 3.94. The Balaban J connectivity index is 0.00000225. The van der Waals surface area contributed by atoms with E-state index in [1.165, 1.54) is 0 Å². The summed E-state index contributed by atoms with van der Waals surface area (Å²) in [7, 11) is 1.88. The molecule has 1 heterocycles. The van der Waals surface area contributed by atoms with Crippen molar-refractivity contribution in [3.63, 3.8) is 0 Å². The molecule has 0 amide bonds. The summed E-state index contributed by atoms with van der Waals surface area (Å²) in [5, 5.41) is 0. The second-order valence-electron chi connectivity index (χ2n) is 3.09. The molecule has 0 aliphatic carbocycles. The Morgan fingerprint density at radius 2 is 2.12 bits per heavy atom. The van der Waals surface area contributed by atoms with Gasteiger partial charge in [0.05, 0.1) is 13.7 Å². The van der Waals surface area contributed by atoms with Crippen LogP contribution in [0.2, 0.25) is 0 Å². The monoisotopic (exact) mass is 292 g/mol. The minimum Gasteiger partial charge on any atom is -1.00 e. The Morgan fingerprint density at radius 3 is 2.56 bits per heavy atom. The Kier molecular flexibility index (Phi) is 7.00. The molecular weight excluding hydrogens is 276 g/mol. The van der Waals surface area contributed by atoms with Gasteiger partial charge in [0, 0.05) is 6.61 Å². The fourth-order valence-corrected chi connectivity index (χ4v) is 1.26. The number of ether oxygens (including phenoxy) is 2. The summed E-state index contributed by atoms with van der Waals surface area (Å²) in [6.45, 7) is 4.44. The average Bonchev–Trinajstić information content (AvgIpc) is 2.61. The number of halogens is 1. The number of aryl methyl sites for hydroxylation is 1. The van der Waals surface area contributed by atoms with Gasteiger partial charge in [-0.1, -0.05) is 0 Å². The molecule has 0 aliphatic heterocycles. The topological polar surface area (TPSA) is 44.3 Å². The standard InChI is InChI=1S/C10H17N2O3.BrH/c1-4-14-9(10(13)15-5-2)12-7-6-11(3)8-12;/h6-9H,4-5H2,1-3H3;1H/q+1;/p-1. The first kappa shape index (κ1) is 15.1. The van der Waals surface area contributed by atoms with E-state index in [4.69, 9.17) is 9.47 Å². The molecule has 0 saturated heterocycles. The first-order chi connectivity index (χ1) is 7.19. The molecule has 1 aromatic heterocycles. The summed E-state index contributed by atoms with van der Waals surface area (Å²) < 4.78 is 13.8. The predicted octanol–water partition coefficient (Wildman–Crippen LogP) is -2.59. The molecule has 0 N–H and O–H groups in total. The molecule has 0 fully saturated rings. The van der Waals surface area contributed by atoms with Crippen molar-refractivity contribution >= 4 is 5.97 Å². The fourth-order valence-electron chi connectivity index (χ4n) is 1.26. The van der Waals surface area contributed by atoms with Gasteiger partial charge < -0.3 is 26.5 Å². The minimum atomic E-state index is -0.684. The number of carbonyl (C=O) groups excluding carboxylic acids is 1. The zero-order valence-corrected chi connectivity index (χ0v) is 11.3. The zero-order chi connectivity index (χ0) is 11.3. The first-order valence-electron chi connectivity index (χ1n) is 5.00. The zero-order valence-electron chi connectivity index (χ0n) is 9.72. The van der Waals surface area contributed by atoms with Crippen LogP contribution in [0.5, 0.6) is 0 Å². The first-order valence-corrected chi connectivity index (χ1v) is 5.00. The van der Waals surface area contributed by atoms with Crippen molar-refractivity contribution in [2.24, 2.45) is 7.05 Å². The van der Waals surface area contributed by atoms with Crippen molar-refractivity contribution in [1.82, 2.24) is 4.57 Å². The molecule has 16 heavy (non-hydrogen) atoms. The summed E-state index contributed by atoms with van der Waals surface area (Å²) in [5.41, 5.74) is 0. The molecule has 0 saturated carbocycles. The number of carbonyl (C=O) groups is 1. The highest BCUT2D eigenvalue weighted by Gasteiger charge is 2.26. The normalized spacial score (nSPS) is 11.7. The van der Waals surface area contributed by atoms with Crippen molar-refractivity contribution in [2.45, 2.75) is 20.1 Å². The maximum absolute atomic E-state index is 11.6. The van der Waals surface area contributed by atoms with Crippen LogP contribution < -0.4 is 21.5 Å². The second kappa shape index (κ2) is 7.40. The number of imidazole rings is 1. The van der Waals surface area contributed by atoms with E-state index in [0.29, 0.717) is 13.2 Å². The lowest BCUT2D eigenvalue weighted by Gasteiger charge is -2.11. The Morgan fingerprint density at radius 1 is 1.44 bits per heavy atom. The summed E-state index contributed by atoms with van der Waals surface area (Å²) >= 11 is 0. The van der Waals surface area contributed by atoms with Crippen LogP contribution >= 0.6 is 0 Å². The maximum Gasteiger partial charge on any atom is 0.381 e. The molecule has 1 rings (SSSR count). The van der Waals surface area contributed by atoms with Gasteiger partial charge in [0.2, 0.25) is 6.33 Å². The van der Waals surface area contributed by atoms with E-state index in [-0.39, 0.29) is 23.0 Å². The van der Waals surface area contributed by atoms with Gasteiger partial charge >= 0.3 is 12.2 Å². The molecule has 0 radical (unpaired) electrons. The van der Waals surface area contributed by atoms with Gasteiger partial charge in [-0.3, -0.25) is 0 Å². The molecule has 5 nitrogen and oxygen atoms in total. The van der Waals surface area contributed by atoms with Gasteiger partial charge in [0.25, 0.3) is 0 Å². The van der Waals surface area contributed by atoms with Crippen LogP contribution in [0.1, 0.15) is 20.1 Å². The van der Waals surface area contributed by atoms with Gasteiger partial charge in [-0.05, 0) is 13.8 Å². The quantitative estimate of drug-likeness (QED) is 0.442. The number of rotatable bonds is 5. The van der Waals surface area contributed by atoms with Crippen molar-refractivity contribution in [2.75, 3.05) is 13.2 Å².